The highest BCUT2D eigenvalue weighted by Crippen LogP contribution is 2.33. The molecule has 0 aliphatic rings. The molecule has 0 spiro atoms. The molecule has 0 aliphatic heterocycles. The van der Waals surface area contributed by atoms with E-state index in [1.165, 1.54) is 25.5 Å². The topological polar surface area (TPSA) is 53.4 Å². The Balaban J connectivity index is 1.81. The highest BCUT2D eigenvalue weighted by atomic mass is 32.1. The van der Waals surface area contributed by atoms with E-state index >= 15 is 0 Å². The zero-order valence-corrected chi connectivity index (χ0v) is 15.1. The lowest BCUT2D eigenvalue weighted by Gasteiger charge is -2.07. The van der Waals surface area contributed by atoms with Gasteiger partial charge in [-0.15, -0.1) is 11.3 Å². The van der Waals surface area contributed by atoms with E-state index in [9.17, 15) is 22.4 Å². The summed E-state index contributed by atoms with van der Waals surface area (Å²) in [6.07, 6.45) is -4.60. The molecule has 0 aliphatic carbocycles. The van der Waals surface area contributed by atoms with Crippen LogP contribution in [0.15, 0.2) is 23.6 Å². The predicted octanol–water partition coefficient (Wildman–Crippen LogP) is 4.09. The molecule has 0 amide bonds. The molecule has 0 fully saturated rings. The zero-order chi connectivity index (χ0) is 19.8. The number of alkyl halides is 3. The standard InChI is InChI=1S/C17H14F4N2O3S/c1-23-10(4-14(22-23)17(19,20)21)7-26-11-5-12(18)16-9(3-15(24)25-2)8-27-13(16)6-11/h4-6,8H,3,7H2,1-2H3. The number of thiophene rings is 1. The zero-order valence-electron chi connectivity index (χ0n) is 14.3. The number of rotatable bonds is 5. The number of fused-ring (bicyclic) bond motifs is 1. The Morgan fingerprint density at radius 2 is 2.04 bits per heavy atom. The van der Waals surface area contributed by atoms with Crippen LogP contribution in [0.5, 0.6) is 5.75 Å². The minimum Gasteiger partial charge on any atom is -0.487 e. The third-order valence-electron chi connectivity index (χ3n) is 3.89. The molecule has 0 unspecified atom stereocenters. The van der Waals surface area contributed by atoms with E-state index in [1.807, 2.05) is 0 Å². The second-order valence-corrected chi connectivity index (χ2v) is 6.63. The van der Waals surface area contributed by atoms with Gasteiger partial charge in [0.05, 0.1) is 19.2 Å². The Bertz CT molecular complexity index is 994. The van der Waals surface area contributed by atoms with Gasteiger partial charge < -0.3 is 9.47 Å². The van der Waals surface area contributed by atoms with Crippen LogP contribution in [0.25, 0.3) is 10.1 Å². The monoisotopic (exact) mass is 402 g/mol. The first-order valence-electron chi connectivity index (χ1n) is 7.68. The minimum atomic E-state index is -4.55. The third kappa shape index (κ3) is 4.05. The van der Waals surface area contributed by atoms with Crippen molar-refractivity contribution < 1.29 is 31.8 Å². The lowest BCUT2D eigenvalue weighted by atomic mass is 10.1. The molecule has 0 saturated carbocycles. The van der Waals surface area contributed by atoms with Crippen molar-refractivity contribution in [3.8, 4) is 5.75 Å². The van der Waals surface area contributed by atoms with Crippen molar-refractivity contribution in [2.45, 2.75) is 19.2 Å². The number of hydrogen-bond donors (Lipinski definition) is 0. The van der Waals surface area contributed by atoms with Crippen molar-refractivity contribution in [1.82, 2.24) is 9.78 Å². The Labute approximate surface area is 155 Å². The first kappa shape index (κ1) is 19.2. The second kappa shape index (κ2) is 7.18. The molecular weight excluding hydrogens is 388 g/mol. The summed E-state index contributed by atoms with van der Waals surface area (Å²) in [5.41, 5.74) is -0.316. The number of nitrogens with zero attached hydrogens (tertiary/aromatic N) is 2. The molecular formula is C17H14F4N2O3S. The summed E-state index contributed by atoms with van der Waals surface area (Å²) in [7, 11) is 2.62. The summed E-state index contributed by atoms with van der Waals surface area (Å²) in [6.45, 7) is -0.203. The maximum absolute atomic E-state index is 14.5. The largest absolute Gasteiger partial charge is 0.487 e. The van der Waals surface area contributed by atoms with Gasteiger partial charge in [0, 0.05) is 23.2 Å². The molecule has 0 bridgehead atoms. The number of carbonyl (C=O) groups excluding carboxylic acids is 1. The fourth-order valence-corrected chi connectivity index (χ4v) is 3.53. The molecule has 0 N–H and O–H groups in total. The summed E-state index contributed by atoms with van der Waals surface area (Å²) in [4.78, 5) is 11.4. The van der Waals surface area contributed by atoms with Gasteiger partial charge in [0.1, 0.15) is 18.2 Å². The van der Waals surface area contributed by atoms with Crippen LogP contribution >= 0.6 is 11.3 Å². The number of hydrogen-bond acceptors (Lipinski definition) is 5. The van der Waals surface area contributed by atoms with Gasteiger partial charge in [-0.25, -0.2) is 4.39 Å². The number of ether oxygens (including phenoxy) is 2. The molecule has 2 aromatic heterocycles. The van der Waals surface area contributed by atoms with Crippen molar-refractivity contribution in [2.24, 2.45) is 7.05 Å². The van der Waals surface area contributed by atoms with Crippen LogP contribution in [-0.4, -0.2) is 22.9 Å². The van der Waals surface area contributed by atoms with Gasteiger partial charge in [-0.2, -0.15) is 18.3 Å². The molecule has 0 atom stereocenters. The van der Waals surface area contributed by atoms with Crippen molar-refractivity contribution in [3.05, 3.63) is 46.3 Å². The van der Waals surface area contributed by atoms with Crippen LogP contribution in [0.3, 0.4) is 0 Å². The molecule has 10 heteroatoms. The Hall–Kier alpha value is -2.62. The van der Waals surface area contributed by atoms with Crippen LogP contribution in [0.2, 0.25) is 0 Å². The Morgan fingerprint density at radius 1 is 1.30 bits per heavy atom. The first-order chi connectivity index (χ1) is 12.7. The Kier molecular flexibility index (Phi) is 5.09. The quantitative estimate of drug-likeness (QED) is 0.477. The normalized spacial score (nSPS) is 11.8. The van der Waals surface area contributed by atoms with Gasteiger partial charge in [0.2, 0.25) is 0 Å². The number of benzene rings is 1. The number of methoxy groups -OCH3 is 1. The Morgan fingerprint density at radius 3 is 2.67 bits per heavy atom. The van der Waals surface area contributed by atoms with Crippen molar-refractivity contribution in [1.29, 1.82) is 0 Å². The molecule has 1 aromatic carbocycles. The molecule has 0 saturated heterocycles. The van der Waals surface area contributed by atoms with Crippen LogP contribution in [0.4, 0.5) is 17.6 Å². The number of aromatic nitrogens is 2. The maximum atomic E-state index is 14.5. The van der Waals surface area contributed by atoms with E-state index in [-0.39, 0.29) is 24.5 Å². The maximum Gasteiger partial charge on any atom is 0.435 e. The van der Waals surface area contributed by atoms with E-state index in [2.05, 4.69) is 9.84 Å². The SMILES string of the molecule is COC(=O)Cc1csc2cc(OCc3cc(C(F)(F)F)nn3C)cc(F)c12. The highest BCUT2D eigenvalue weighted by Gasteiger charge is 2.34. The summed E-state index contributed by atoms with van der Waals surface area (Å²) < 4.78 is 64.2. The van der Waals surface area contributed by atoms with Crippen LogP contribution < -0.4 is 4.74 Å². The fraction of sp³-hybridized carbons (Fsp3) is 0.294. The van der Waals surface area contributed by atoms with E-state index in [1.54, 1.807) is 11.4 Å². The van der Waals surface area contributed by atoms with Gasteiger partial charge in [-0.05, 0) is 23.1 Å². The molecule has 0 radical (unpaired) electrons. The molecule has 2 heterocycles. The van der Waals surface area contributed by atoms with Crippen LogP contribution in [0, 0.1) is 5.82 Å². The molecule has 3 rings (SSSR count). The van der Waals surface area contributed by atoms with Crippen LogP contribution in [0.1, 0.15) is 17.0 Å². The van der Waals surface area contributed by atoms with Gasteiger partial charge >= 0.3 is 12.1 Å². The fourth-order valence-electron chi connectivity index (χ4n) is 2.53. The summed E-state index contributed by atoms with van der Waals surface area (Å²) in [5, 5.41) is 5.36. The van der Waals surface area contributed by atoms with Crippen molar-refractivity contribution in [2.75, 3.05) is 7.11 Å². The number of aryl methyl sites for hydroxylation is 1. The van der Waals surface area contributed by atoms with E-state index < -0.39 is 23.7 Å². The minimum absolute atomic E-state index is 0.0527. The number of carbonyl (C=O) groups is 1. The summed E-state index contributed by atoms with van der Waals surface area (Å²) in [6, 6.07) is 3.59. The number of esters is 1. The van der Waals surface area contributed by atoms with Gasteiger partial charge in [-0.3, -0.25) is 9.48 Å². The lowest BCUT2D eigenvalue weighted by Crippen LogP contribution is -2.06. The van der Waals surface area contributed by atoms with E-state index in [4.69, 9.17) is 4.74 Å². The van der Waals surface area contributed by atoms with Gasteiger partial charge in [0.15, 0.2) is 5.69 Å². The average molecular weight is 402 g/mol. The average Bonchev–Trinajstić information content (AvgIpc) is 3.16. The summed E-state index contributed by atoms with van der Waals surface area (Å²) >= 11 is 1.23. The second-order valence-electron chi connectivity index (χ2n) is 5.72. The predicted molar refractivity (Wildman–Crippen MR) is 90.0 cm³/mol. The summed E-state index contributed by atoms with van der Waals surface area (Å²) in [5.74, 6) is -0.893. The number of halogens is 4. The smallest absolute Gasteiger partial charge is 0.435 e. The first-order valence-corrected chi connectivity index (χ1v) is 8.56. The third-order valence-corrected chi connectivity index (χ3v) is 4.87. The van der Waals surface area contributed by atoms with Crippen molar-refractivity contribution in [3.63, 3.8) is 0 Å². The van der Waals surface area contributed by atoms with Crippen molar-refractivity contribution >= 4 is 27.4 Å². The molecule has 5 nitrogen and oxygen atoms in total. The molecule has 144 valence electrons. The molecule has 3 aromatic rings. The lowest BCUT2D eigenvalue weighted by molar-refractivity contribution is -0.141. The van der Waals surface area contributed by atoms with Gasteiger partial charge in [-0.1, -0.05) is 0 Å². The van der Waals surface area contributed by atoms with Crippen LogP contribution in [-0.2, 0) is 35.8 Å². The van der Waals surface area contributed by atoms with E-state index in [0.717, 1.165) is 16.8 Å². The van der Waals surface area contributed by atoms with Gasteiger partial charge in [0.25, 0.3) is 0 Å². The molecule has 27 heavy (non-hydrogen) atoms. The highest BCUT2D eigenvalue weighted by molar-refractivity contribution is 7.17. The van der Waals surface area contributed by atoms with E-state index in [0.29, 0.717) is 15.6 Å².